The van der Waals surface area contributed by atoms with E-state index in [0.717, 1.165) is 17.4 Å². The second kappa shape index (κ2) is 7.75. The molecule has 7 nitrogen and oxygen atoms in total. The smallest absolute Gasteiger partial charge is 0.251 e. The molecule has 1 aromatic rings. The highest BCUT2D eigenvalue weighted by Gasteiger charge is 2.36. The van der Waals surface area contributed by atoms with Crippen molar-refractivity contribution >= 4 is 27.5 Å². The number of nitrogens with one attached hydrogen (secondary N) is 1. The zero-order valence-corrected chi connectivity index (χ0v) is 16.6. The summed E-state index contributed by atoms with van der Waals surface area (Å²) in [5.74, 6) is -0.957. The minimum absolute atomic E-state index is 0.0309. The monoisotopic (exact) mass is 381 g/mol. The van der Waals surface area contributed by atoms with Crippen LogP contribution in [0.5, 0.6) is 0 Å². The van der Waals surface area contributed by atoms with Gasteiger partial charge in [-0.3, -0.25) is 14.5 Å². The predicted octanol–water partition coefficient (Wildman–Crippen LogP) is 1.60. The van der Waals surface area contributed by atoms with Crippen LogP contribution in [0.4, 0.5) is 5.69 Å². The van der Waals surface area contributed by atoms with E-state index in [2.05, 4.69) is 37.9 Å². The molecular formula is C18H27N3O4S. The van der Waals surface area contributed by atoms with Gasteiger partial charge in [-0.15, -0.1) is 0 Å². The van der Waals surface area contributed by atoms with Crippen molar-refractivity contribution in [3.8, 4) is 0 Å². The minimum Gasteiger partial charge on any atom is -0.350 e. The third-order valence-corrected chi connectivity index (χ3v) is 6.41. The third kappa shape index (κ3) is 4.24. The van der Waals surface area contributed by atoms with Gasteiger partial charge in [0.25, 0.3) is 5.91 Å². The molecule has 1 N–H and O–H groups in total. The van der Waals surface area contributed by atoms with Gasteiger partial charge in [-0.05, 0) is 45.1 Å². The Hall–Kier alpha value is -1.93. The second-order valence-electron chi connectivity index (χ2n) is 6.94. The van der Waals surface area contributed by atoms with Gasteiger partial charge in [-0.25, -0.2) is 12.7 Å². The van der Waals surface area contributed by atoms with Crippen molar-refractivity contribution in [2.75, 3.05) is 29.7 Å². The van der Waals surface area contributed by atoms with Gasteiger partial charge in [0.2, 0.25) is 15.9 Å². The highest BCUT2D eigenvalue weighted by molar-refractivity contribution is 7.94. The summed E-state index contributed by atoms with van der Waals surface area (Å²) < 4.78 is 24.9. The zero-order chi connectivity index (χ0) is 19.5. The first-order chi connectivity index (χ1) is 12.1. The van der Waals surface area contributed by atoms with E-state index in [0.29, 0.717) is 12.1 Å². The lowest BCUT2D eigenvalue weighted by molar-refractivity contribution is -0.116. The van der Waals surface area contributed by atoms with Crippen molar-refractivity contribution in [2.24, 2.45) is 0 Å². The third-order valence-electron chi connectivity index (χ3n) is 4.72. The van der Waals surface area contributed by atoms with Crippen molar-refractivity contribution in [3.63, 3.8) is 0 Å². The molecule has 1 fully saturated rings. The number of nitrogens with zero attached hydrogens (tertiary/aromatic N) is 2. The fourth-order valence-electron chi connectivity index (χ4n) is 3.23. The number of amides is 2. The second-order valence-corrected chi connectivity index (χ2v) is 8.88. The van der Waals surface area contributed by atoms with Crippen LogP contribution >= 0.6 is 0 Å². The van der Waals surface area contributed by atoms with E-state index >= 15 is 0 Å². The first-order valence-electron chi connectivity index (χ1n) is 8.81. The van der Waals surface area contributed by atoms with Gasteiger partial charge in [0.1, 0.15) is 0 Å². The topological polar surface area (TPSA) is 86.8 Å². The van der Waals surface area contributed by atoms with Crippen LogP contribution < -0.4 is 9.62 Å². The summed E-state index contributed by atoms with van der Waals surface area (Å²) in [6, 6.07) is 6.16. The molecule has 1 aromatic carbocycles. The number of rotatable bonds is 7. The molecule has 1 aliphatic heterocycles. The van der Waals surface area contributed by atoms with E-state index in [1.165, 1.54) is 12.1 Å². The Kier molecular flexibility index (Phi) is 6.08. The molecule has 0 bridgehead atoms. The fraction of sp³-hybridized carbons (Fsp3) is 0.556. The van der Waals surface area contributed by atoms with Gasteiger partial charge in [-0.2, -0.15) is 0 Å². The van der Waals surface area contributed by atoms with Crippen LogP contribution in [-0.4, -0.2) is 56.1 Å². The average molecular weight is 381 g/mol. The Balaban J connectivity index is 2.15. The molecule has 0 saturated carbocycles. The van der Waals surface area contributed by atoms with Crippen LogP contribution in [0.3, 0.4) is 0 Å². The van der Waals surface area contributed by atoms with Gasteiger partial charge in [0, 0.05) is 24.1 Å². The molecule has 2 rings (SSSR count). The Morgan fingerprint density at radius 2 is 1.92 bits per heavy atom. The van der Waals surface area contributed by atoms with Crippen LogP contribution in [0.1, 0.15) is 44.5 Å². The van der Waals surface area contributed by atoms with Crippen LogP contribution in [0.15, 0.2) is 24.3 Å². The van der Waals surface area contributed by atoms with Crippen LogP contribution in [0.25, 0.3) is 0 Å². The number of carbonyl (C=O) groups is 2. The molecule has 0 aliphatic carbocycles. The van der Waals surface area contributed by atoms with E-state index in [1.807, 2.05) is 0 Å². The van der Waals surface area contributed by atoms with Gasteiger partial charge in [-0.1, -0.05) is 19.9 Å². The number of anilines is 1. The predicted molar refractivity (Wildman–Crippen MR) is 102 cm³/mol. The van der Waals surface area contributed by atoms with E-state index < -0.39 is 15.9 Å². The first-order valence-corrected chi connectivity index (χ1v) is 10.4. The quantitative estimate of drug-likeness (QED) is 0.775. The molecular weight excluding hydrogens is 354 g/mol. The summed E-state index contributed by atoms with van der Waals surface area (Å²) >= 11 is 0. The molecule has 144 valence electrons. The Morgan fingerprint density at radius 1 is 1.27 bits per heavy atom. The molecule has 0 aromatic heterocycles. The van der Waals surface area contributed by atoms with Crippen LogP contribution in [0, 0.1) is 0 Å². The highest BCUT2D eigenvalue weighted by atomic mass is 32.2. The molecule has 0 unspecified atom stereocenters. The van der Waals surface area contributed by atoms with Crippen molar-refractivity contribution in [1.82, 2.24) is 10.2 Å². The Labute approximate surface area is 155 Å². The maximum atomic E-state index is 12.5. The molecule has 1 heterocycles. The van der Waals surface area contributed by atoms with Gasteiger partial charge >= 0.3 is 0 Å². The van der Waals surface area contributed by atoms with E-state index in [-0.39, 0.29) is 29.3 Å². The number of hydrogen-bond acceptors (Lipinski definition) is 5. The van der Waals surface area contributed by atoms with Gasteiger partial charge in [0.05, 0.1) is 11.4 Å². The lowest BCUT2D eigenvalue weighted by atomic mass is 10.0. The summed E-state index contributed by atoms with van der Waals surface area (Å²) in [5, 5.41) is 2.90. The highest BCUT2D eigenvalue weighted by Crippen LogP contribution is 2.26. The standard InChI is InChI=1S/C18H27N3O4S/c1-5-20(6-2)18(3,4)13-19-17(23)14-8-7-9-15(12-14)21-16(22)10-11-26(21,24)25/h7-9,12H,5-6,10-11,13H2,1-4H3,(H,19,23). The normalized spacial score (nSPS) is 17.0. The van der Waals surface area contributed by atoms with Crippen molar-refractivity contribution in [3.05, 3.63) is 29.8 Å². The van der Waals surface area contributed by atoms with Crippen LogP contribution in [0.2, 0.25) is 0 Å². The number of sulfonamides is 1. The summed E-state index contributed by atoms with van der Waals surface area (Å²) in [5.41, 5.74) is 0.335. The number of benzene rings is 1. The molecule has 0 spiro atoms. The minimum atomic E-state index is -3.64. The van der Waals surface area contributed by atoms with Crippen molar-refractivity contribution in [1.29, 1.82) is 0 Å². The maximum Gasteiger partial charge on any atom is 0.251 e. The van der Waals surface area contributed by atoms with E-state index in [4.69, 9.17) is 0 Å². The molecule has 1 aliphatic rings. The maximum absolute atomic E-state index is 12.5. The van der Waals surface area contributed by atoms with E-state index in [9.17, 15) is 18.0 Å². The van der Waals surface area contributed by atoms with Crippen molar-refractivity contribution in [2.45, 2.75) is 39.7 Å². The summed E-state index contributed by atoms with van der Waals surface area (Å²) in [7, 11) is -3.64. The van der Waals surface area contributed by atoms with Gasteiger partial charge < -0.3 is 5.32 Å². The van der Waals surface area contributed by atoms with Crippen molar-refractivity contribution < 1.29 is 18.0 Å². The lowest BCUT2D eigenvalue weighted by Crippen LogP contribution is -2.51. The number of hydrogen-bond donors (Lipinski definition) is 1. The molecule has 1 saturated heterocycles. The Bertz CT molecular complexity index is 785. The number of likely N-dealkylation sites (N-methyl/N-ethyl adjacent to an activating group) is 1. The fourth-order valence-corrected chi connectivity index (χ4v) is 4.68. The molecule has 2 amide bonds. The zero-order valence-electron chi connectivity index (χ0n) is 15.8. The SMILES string of the molecule is CCN(CC)C(C)(C)CNC(=O)c1cccc(N2C(=O)CCS2(=O)=O)c1. The van der Waals surface area contributed by atoms with Gasteiger partial charge in [0.15, 0.2) is 0 Å². The first kappa shape index (κ1) is 20.4. The molecule has 26 heavy (non-hydrogen) atoms. The van der Waals surface area contributed by atoms with E-state index in [1.54, 1.807) is 12.1 Å². The summed E-state index contributed by atoms with van der Waals surface area (Å²) in [4.78, 5) is 26.7. The largest absolute Gasteiger partial charge is 0.350 e. The molecule has 0 atom stereocenters. The summed E-state index contributed by atoms with van der Waals surface area (Å²) in [6.07, 6.45) is -0.0309. The molecule has 0 radical (unpaired) electrons. The Morgan fingerprint density at radius 3 is 2.46 bits per heavy atom. The lowest BCUT2D eigenvalue weighted by Gasteiger charge is -2.37. The number of carbonyl (C=O) groups excluding carboxylic acids is 2. The summed E-state index contributed by atoms with van der Waals surface area (Å²) in [6.45, 7) is 10.5. The van der Waals surface area contributed by atoms with Crippen LogP contribution in [-0.2, 0) is 14.8 Å². The molecule has 8 heteroatoms. The average Bonchev–Trinajstić information content (AvgIpc) is 2.86.